The summed E-state index contributed by atoms with van der Waals surface area (Å²) in [5, 5.41) is 19.3. The van der Waals surface area contributed by atoms with Gasteiger partial charge in [-0.2, -0.15) is 5.26 Å². The van der Waals surface area contributed by atoms with Gasteiger partial charge in [-0.25, -0.2) is 4.98 Å². The van der Waals surface area contributed by atoms with E-state index in [1.807, 2.05) is 30.3 Å². The van der Waals surface area contributed by atoms with Crippen LogP contribution in [0.2, 0.25) is 5.02 Å². The number of nitriles is 1. The number of nitrogens with one attached hydrogen (secondary N) is 1. The predicted molar refractivity (Wildman–Crippen MR) is 127 cm³/mol. The van der Waals surface area contributed by atoms with Crippen molar-refractivity contribution in [3.05, 3.63) is 52.6 Å². The third-order valence-corrected chi connectivity index (χ3v) is 6.49. The second-order valence-electron chi connectivity index (χ2n) is 8.31. The normalized spacial score (nSPS) is 18.1. The molecule has 1 atom stereocenters. The summed E-state index contributed by atoms with van der Waals surface area (Å²) in [6, 6.07) is 11.9. The molecule has 5 rings (SSSR count). The Hall–Kier alpha value is -3.38. The van der Waals surface area contributed by atoms with Crippen molar-refractivity contribution in [3.8, 4) is 23.2 Å². The van der Waals surface area contributed by atoms with E-state index in [2.05, 4.69) is 11.1 Å². The lowest BCUT2D eigenvalue weighted by molar-refractivity contribution is -0.133. The maximum Gasteiger partial charge on any atom is 0.248 e. The Morgan fingerprint density at radius 3 is 2.79 bits per heavy atom. The number of benzene rings is 1. The predicted octanol–water partition coefficient (Wildman–Crippen LogP) is 3.53. The molecule has 1 saturated heterocycles. The van der Waals surface area contributed by atoms with Gasteiger partial charge in [0.2, 0.25) is 11.8 Å². The van der Waals surface area contributed by atoms with Crippen molar-refractivity contribution in [1.29, 1.82) is 5.26 Å². The number of H-pyrrole nitrogens is 1. The van der Waals surface area contributed by atoms with Crippen molar-refractivity contribution < 1.29 is 19.4 Å². The molecule has 2 aromatic heterocycles. The van der Waals surface area contributed by atoms with Gasteiger partial charge >= 0.3 is 0 Å². The first kappa shape index (κ1) is 22.4. The van der Waals surface area contributed by atoms with Crippen molar-refractivity contribution in [3.63, 3.8) is 0 Å². The second-order valence-corrected chi connectivity index (χ2v) is 8.72. The van der Waals surface area contributed by atoms with Crippen LogP contribution in [-0.4, -0.2) is 64.9 Å². The maximum absolute atomic E-state index is 11.7. The summed E-state index contributed by atoms with van der Waals surface area (Å²) < 4.78 is 11.3. The number of ether oxygens (including phenoxy) is 2. The van der Waals surface area contributed by atoms with Crippen LogP contribution in [0, 0.1) is 11.3 Å². The molecule has 1 aromatic carbocycles. The summed E-state index contributed by atoms with van der Waals surface area (Å²) in [6.07, 6.45) is 3.42. The monoisotopic (exact) mass is 478 g/mol. The molecule has 0 bridgehead atoms. The molecule has 1 fully saturated rings. The zero-order valence-electron chi connectivity index (χ0n) is 18.4. The van der Waals surface area contributed by atoms with Crippen LogP contribution in [0.3, 0.4) is 0 Å². The SMILES string of the molecule is N#Cc1c(O[C@H]2CCOC2)[nH]c2cc(Cl)c(-c3ccc(C4=CCN(C(=O)CO)CC4)cc3)nc12. The lowest BCUT2D eigenvalue weighted by Gasteiger charge is -2.26. The molecule has 2 aliphatic heterocycles. The van der Waals surface area contributed by atoms with Crippen LogP contribution in [0.25, 0.3) is 27.9 Å². The number of aromatic amines is 1. The number of carbonyl (C=O) groups excluding carboxylic acids is 1. The second kappa shape index (κ2) is 9.47. The Labute approximate surface area is 201 Å². The molecule has 0 saturated carbocycles. The fourth-order valence-electron chi connectivity index (χ4n) is 4.33. The van der Waals surface area contributed by atoms with Gasteiger partial charge in [-0.3, -0.25) is 4.79 Å². The van der Waals surface area contributed by atoms with Crippen LogP contribution < -0.4 is 4.74 Å². The maximum atomic E-state index is 11.7. The van der Waals surface area contributed by atoms with Gasteiger partial charge in [0, 0.05) is 25.1 Å². The summed E-state index contributed by atoms with van der Waals surface area (Å²) >= 11 is 6.57. The third-order valence-electron chi connectivity index (χ3n) is 6.20. The molecule has 174 valence electrons. The quantitative estimate of drug-likeness (QED) is 0.580. The summed E-state index contributed by atoms with van der Waals surface area (Å²) in [4.78, 5) is 21.1. The molecular weight excluding hydrogens is 456 g/mol. The van der Waals surface area contributed by atoms with Crippen LogP contribution >= 0.6 is 11.6 Å². The van der Waals surface area contributed by atoms with Gasteiger partial charge in [-0.1, -0.05) is 41.9 Å². The van der Waals surface area contributed by atoms with Gasteiger partial charge < -0.3 is 24.5 Å². The van der Waals surface area contributed by atoms with Crippen molar-refractivity contribution >= 4 is 34.1 Å². The molecule has 0 aliphatic carbocycles. The van der Waals surface area contributed by atoms with E-state index in [9.17, 15) is 10.1 Å². The Kier molecular flexibility index (Phi) is 6.24. The largest absolute Gasteiger partial charge is 0.472 e. The highest BCUT2D eigenvalue weighted by atomic mass is 35.5. The minimum atomic E-state index is -0.465. The number of fused-ring (bicyclic) bond motifs is 1. The number of pyridine rings is 1. The highest BCUT2D eigenvalue weighted by Crippen LogP contribution is 2.35. The van der Waals surface area contributed by atoms with Crippen LogP contribution in [0.1, 0.15) is 24.0 Å². The number of hydrogen-bond donors (Lipinski definition) is 2. The van der Waals surface area contributed by atoms with Crippen molar-refractivity contribution in [2.45, 2.75) is 18.9 Å². The Bertz CT molecular complexity index is 1300. The first-order chi connectivity index (χ1) is 16.6. The minimum Gasteiger partial charge on any atom is -0.472 e. The average molecular weight is 479 g/mol. The molecule has 34 heavy (non-hydrogen) atoms. The molecule has 0 spiro atoms. The number of aromatic nitrogens is 2. The van der Waals surface area contributed by atoms with Gasteiger partial charge in [0.1, 0.15) is 29.9 Å². The lowest BCUT2D eigenvalue weighted by atomic mass is 9.97. The van der Waals surface area contributed by atoms with Crippen molar-refractivity contribution in [2.24, 2.45) is 0 Å². The number of halogens is 1. The number of nitrogens with zero attached hydrogens (tertiary/aromatic N) is 3. The van der Waals surface area contributed by atoms with Gasteiger partial charge in [-0.05, 0) is 23.6 Å². The van der Waals surface area contributed by atoms with E-state index in [0.29, 0.717) is 59.5 Å². The molecule has 8 nitrogen and oxygen atoms in total. The Morgan fingerprint density at radius 2 is 2.15 bits per heavy atom. The molecule has 3 aromatic rings. The number of rotatable bonds is 5. The summed E-state index contributed by atoms with van der Waals surface area (Å²) in [6.45, 7) is 1.75. The molecule has 0 unspecified atom stereocenters. The van der Waals surface area contributed by atoms with Gasteiger partial charge in [-0.15, -0.1) is 0 Å². The van der Waals surface area contributed by atoms with Crippen LogP contribution in [0.15, 0.2) is 36.4 Å². The number of carbonyl (C=O) groups is 1. The summed E-state index contributed by atoms with van der Waals surface area (Å²) in [5.74, 6) is 0.135. The van der Waals surface area contributed by atoms with Crippen LogP contribution in [-0.2, 0) is 9.53 Å². The van der Waals surface area contributed by atoms with E-state index in [1.165, 1.54) is 0 Å². The Morgan fingerprint density at radius 1 is 1.35 bits per heavy atom. The third kappa shape index (κ3) is 4.26. The molecule has 1 amide bonds. The number of hydrogen-bond acceptors (Lipinski definition) is 6. The van der Waals surface area contributed by atoms with E-state index in [4.69, 9.17) is 31.2 Å². The van der Waals surface area contributed by atoms with Crippen molar-refractivity contribution in [1.82, 2.24) is 14.9 Å². The van der Waals surface area contributed by atoms with E-state index in [0.717, 1.165) is 29.5 Å². The smallest absolute Gasteiger partial charge is 0.248 e. The summed E-state index contributed by atoms with van der Waals surface area (Å²) in [5.41, 5.74) is 5.15. The molecule has 9 heteroatoms. The van der Waals surface area contributed by atoms with Crippen LogP contribution in [0.5, 0.6) is 5.88 Å². The fourth-order valence-corrected chi connectivity index (χ4v) is 4.59. The molecule has 2 N–H and O–H groups in total. The first-order valence-electron chi connectivity index (χ1n) is 11.1. The fraction of sp³-hybridized carbons (Fsp3) is 0.320. The molecule has 0 radical (unpaired) electrons. The molecule has 2 aliphatic rings. The minimum absolute atomic E-state index is 0.0921. The highest BCUT2D eigenvalue weighted by Gasteiger charge is 2.23. The number of aliphatic hydroxyl groups excluding tert-OH is 1. The zero-order valence-corrected chi connectivity index (χ0v) is 19.1. The van der Waals surface area contributed by atoms with E-state index >= 15 is 0 Å². The van der Waals surface area contributed by atoms with E-state index < -0.39 is 6.61 Å². The van der Waals surface area contributed by atoms with E-state index in [1.54, 1.807) is 11.0 Å². The van der Waals surface area contributed by atoms with Crippen LogP contribution in [0.4, 0.5) is 0 Å². The molecular formula is C25H23ClN4O4. The summed E-state index contributed by atoms with van der Waals surface area (Å²) in [7, 11) is 0. The zero-order chi connectivity index (χ0) is 23.7. The topological polar surface area (TPSA) is 111 Å². The Balaban J connectivity index is 1.41. The lowest BCUT2D eigenvalue weighted by Crippen LogP contribution is -2.36. The van der Waals surface area contributed by atoms with Gasteiger partial charge in [0.15, 0.2) is 0 Å². The number of amides is 1. The van der Waals surface area contributed by atoms with Gasteiger partial charge in [0.05, 0.1) is 29.4 Å². The standard InChI is InChI=1S/C25H23ClN4O4/c26-20-11-21-24(19(12-27)25(28-21)34-18-7-10-33-14-18)29-23(20)17-3-1-15(2-4-17)16-5-8-30(9-6-16)22(32)13-31/h1-5,11,18,28,31H,6-10,13-14H2/t18-/m0/s1. The molecule has 4 heterocycles. The van der Waals surface area contributed by atoms with Gasteiger partial charge in [0.25, 0.3) is 0 Å². The number of aliphatic hydroxyl groups is 1. The van der Waals surface area contributed by atoms with E-state index in [-0.39, 0.29) is 12.0 Å². The van der Waals surface area contributed by atoms with Crippen molar-refractivity contribution in [2.75, 3.05) is 32.9 Å². The highest BCUT2D eigenvalue weighted by molar-refractivity contribution is 6.33. The average Bonchev–Trinajstić information content (AvgIpc) is 3.50. The first-order valence-corrected chi connectivity index (χ1v) is 11.5.